The number of alkyl halides is 1. The van der Waals surface area contributed by atoms with Crippen LogP contribution in [0.2, 0.25) is 0 Å². The van der Waals surface area contributed by atoms with Crippen LogP contribution >= 0.6 is 0 Å². The van der Waals surface area contributed by atoms with Crippen LogP contribution in [0.3, 0.4) is 0 Å². The zero-order valence-corrected chi connectivity index (χ0v) is 6.59. The van der Waals surface area contributed by atoms with Gasteiger partial charge in [0.05, 0.1) is 0 Å². The van der Waals surface area contributed by atoms with Gasteiger partial charge in [0.15, 0.2) is 11.7 Å². The molecule has 2 atom stereocenters. The number of fused-ring (bicyclic) bond motifs is 1. The highest BCUT2D eigenvalue weighted by molar-refractivity contribution is 6.04. The van der Waals surface area contributed by atoms with E-state index < -0.39 is 35.2 Å². The maximum absolute atomic E-state index is 13.6. The number of carbonyl (C=O) groups excluding carboxylic acids is 2. The highest BCUT2D eigenvalue weighted by Crippen LogP contribution is 2.44. The number of carbonyl (C=O) groups is 2. The van der Waals surface area contributed by atoms with Crippen molar-refractivity contribution in [3.63, 3.8) is 0 Å². The standard InChI is InChI=1S/C8H3F3O3/c9-4-2-1-3-6(12)14-7(13)8(3,11)5(4)10/h1-3H. The lowest BCUT2D eigenvalue weighted by molar-refractivity contribution is -0.155. The second-order valence-corrected chi connectivity index (χ2v) is 2.92. The number of hydrogen-bond acceptors (Lipinski definition) is 3. The summed E-state index contributed by atoms with van der Waals surface area (Å²) in [4.78, 5) is 21.6. The van der Waals surface area contributed by atoms with Crippen molar-refractivity contribution in [2.45, 2.75) is 5.67 Å². The molecule has 0 aromatic heterocycles. The Labute approximate surface area is 75.8 Å². The first-order valence-corrected chi connectivity index (χ1v) is 3.67. The van der Waals surface area contributed by atoms with Crippen LogP contribution in [0.15, 0.2) is 23.8 Å². The van der Waals surface area contributed by atoms with E-state index in [0.29, 0.717) is 6.08 Å². The zero-order valence-electron chi connectivity index (χ0n) is 6.59. The summed E-state index contributed by atoms with van der Waals surface area (Å²) in [7, 11) is 0. The highest BCUT2D eigenvalue weighted by atomic mass is 19.2. The Kier molecular flexibility index (Phi) is 1.58. The van der Waals surface area contributed by atoms with E-state index in [1.54, 1.807) is 0 Å². The van der Waals surface area contributed by atoms with E-state index in [1.165, 1.54) is 0 Å². The summed E-state index contributed by atoms with van der Waals surface area (Å²) >= 11 is 0. The van der Waals surface area contributed by atoms with Crippen molar-refractivity contribution in [1.29, 1.82) is 0 Å². The topological polar surface area (TPSA) is 43.4 Å². The molecule has 2 rings (SSSR count). The van der Waals surface area contributed by atoms with E-state index in [1.807, 2.05) is 0 Å². The minimum atomic E-state index is -3.31. The molecule has 0 N–H and O–H groups in total. The van der Waals surface area contributed by atoms with Crippen molar-refractivity contribution in [2.24, 2.45) is 5.92 Å². The second kappa shape index (κ2) is 2.46. The Bertz CT molecular complexity index is 399. The van der Waals surface area contributed by atoms with Gasteiger partial charge in [0, 0.05) is 0 Å². The van der Waals surface area contributed by atoms with Crippen LogP contribution in [-0.2, 0) is 14.3 Å². The van der Waals surface area contributed by atoms with E-state index in [2.05, 4.69) is 4.74 Å². The molecule has 2 unspecified atom stereocenters. The number of cyclic esters (lactones) is 2. The molecule has 1 aliphatic heterocycles. The van der Waals surface area contributed by atoms with Gasteiger partial charge in [0.2, 0.25) is 0 Å². The van der Waals surface area contributed by atoms with Crippen molar-refractivity contribution in [3.8, 4) is 0 Å². The fraction of sp³-hybridized carbons (Fsp3) is 0.250. The van der Waals surface area contributed by atoms with Crippen molar-refractivity contribution in [3.05, 3.63) is 23.8 Å². The van der Waals surface area contributed by atoms with Crippen molar-refractivity contribution >= 4 is 11.9 Å². The van der Waals surface area contributed by atoms with Crippen LogP contribution in [-0.4, -0.2) is 17.6 Å². The number of ether oxygens (including phenoxy) is 1. The lowest BCUT2D eigenvalue weighted by Crippen LogP contribution is -2.38. The maximum atomic E-state index is 13.6. The first-order chi connectivity index (χ1) is 6.48. The van der Waals surface area contributed by atoms with Gasteiger partial charge in [-0.25, -0.2) is 18.0 Å². The molecular formula is C8H3F3O3. The van der Waals surface area contributed by atoms with Crippen LogP contribution in [0.4, 0.5) is 13.2 Å². The lowest BCUT2D eigenvalue weighted by atomic mass is 9.86. The third-order valence-corrected chi connectivity index (χ3v) is 2.14. The Balaban J connectivity index is 2.60. The fourth-order valence-electron chi connectivity index (χ4n) is 1.38. The molecule has 1 aliphatic carbocycles. The highest BCUT2D eigenvalue weighted by Gasteiger charge is 2.63. The molecule has 0 spiro atoms. The summed E-state index contributed by atoms with van der Waals surface area (Å²) < 4.78 is 43.1. The van der Waals surface area contributed by atoms with Gasteiger partial charge in [-0.2, -0.15) is 0 Å². The molecule has 0 saturated carbocycles. The molecule has 3 nitrogen and oxygen atoms in total. The van der Waals surface area contributed by atoms with E-state index in [-0.39, 0.29) is 0 Å². The molecule has 1 saturated heterocycles. The van der Waals surface area contributed by atoms with Crippen LogP contribution in [0.1, 0.15) is 0 Å². The zero-order chi connectivity index (χ0) is 10.5. The van der Waals surface area contributed by atoms with E-state index >= 15 is 0 Å². The van der Waals surface area contributed by atoms with Crippen LogP contribution < -0.4 is 0 Å². The first-order valence-electron chi connectivity index (χ1n) is 3.67. The molecule has 1 fully saturated rings. The normalized spacial score (nSPS) is 36.1. The van der Waals surface area contributed by atoms with Gasteiger partial charge in [-0.15, -0.1) is 0 Å². The van der Waals surface area contributed by atoms with Crippen LogP contribution in [0.25, 0.3) is 0 Å². The molecule has 0 amide bonds. The maximum Gasteiger partial charge on any atom is 0.360 e. The molecule has 6 heteroatoms. The molecule has 0 radical (unpaired) electrons. The Morgan fingerprint density at radius 2 is 2.00 bits per heavy atom. The smallest absolute Gasteiger partial charge is 0.360 e. The minimum absolute atomic E-state index is 0.595. The number of halogens is 3. The van der Waals surface area contributed by atoms with Gasteiger partial charge in [-0.1, -0.05) is 6.08 Å². The average molecular weight is 204 g/mol. The average Bonchev–Trinajstić information content (AvgIpc) is 2.34. The number of allylic oxidation sites excluding steroid dienone is 2. The Hall–Kier alpha value is -1.59. The molecular weight excluding hydrogens is 201 g/mol. The molecule has 1 heterocycles. The van der Waals surface area contributed by atoms with Gasteiger partial charge >= 0.3 is 11.9 Å². The fourth-order valence-corrected chi connectivity index (χ4v) is 1.38. The minimum Gasteiger partial charge on any atom is -0.390 e. The lowest BCUT2D eigenvalue weighted by Gasteiger charge is -2.19. The molecule has 74 valence electrons. The monoisotopic (exact) mass is 204 g/mol. The quantitative estimate of drug-likeness (QED) is 0.438. The summed E-state index contributed by atoms with van der Waals surface area (Å²) in [6.07, 6.45) is 1.36. The Morgan fingerprint density at radius 1 is 1.36 bits per heavy atom. The number of rotatable bonds is 0. The molecule has 0 bridgehead atoms. The first kappa shape index (κ1) is 8.98. The summed E-state index contributed by atoms with van der Waals surface area (Å²) in [5.41, 5.74) is -3.31. The van der Waals surface area contributed by atoms with Gasteiger partial charge in [-0.3, -0.25) is 4.79 Å². The second-order valence-electron chi connectivity index (χ2n) is 2.92. The molecule has 0 aromatic carbocycles. The SMILES string of the molecule is O=C1OC(=O)C2(F)C(F)=C(F)C=CC12. The predicted molar refractivity (Wildman–Crippen MR) is 36.8 cm³/mol. The van der Waals surface area contributed by atoms with Crippen molar-refractivity contribution in [2.75, 3.05) is 0 Å². The summed E-state index contributed by atoms with van der Waals surface area (Å²) in [5.74, 6) is -8.04. The summed E-state index contributed by atoms with van der Waals surface area (Å²) in [5, 5.41) is 0. The van der Waals surface area contributed by atoms with E-state index in [0.717, 1.165) is 6.08 Å². The molecule has 14 heavy (non-hydrogen) atoms. The summed E-state index contributed by atoms with van der Waals surface area (Å²) in [6.45, 7) is 0. The van der Waals surface area contributed by atoms with Crippen LogP contribution in [0.5, 0.6) is 0 Å². The van der Waals surface area contributed by atoms with Gasteiger partial charge in [0.25, 0.3) is 5.67 Å². The van der Waals surface area contributed by atoms with E-state index in [9.17, 15) is 22.8 Å². The van der Waals surface area contributed by atoms with Crippen molar-refractivity contribution < 1.29 is 27.5 Å². The van der Waals surface area contributed by atoms with Gasteiger partial charge in [-0.05, 0) is 6.08 Å². The van der Waals surface area contributed by atoms with Gasteiger partial charge < -0.3 is 4.74 Å². The number of esters is 2. The van der Waals surface area contributed by atoms with E-state index in [4.69, 9.17) is 0 Å². The Morgan fingerprint density at radius 3 is 2.64 bits per heavy atom. The number of hydrogen-bond donors (Lipinski definition) is 0. The van der Waals surface area contributed by atoms with Crippen LogP contribution in [0, 0.1) is 5.92 Å². The predicted octanol–water partition coefficient (Wildman–Crippen LogP) is 1.11. The summed E-state index contributed by atoms with van der Waals surface area (Å²) in [6, 6.07) is 0. The molecule has 0 aromatic rings. The third kappa shape index (κ3) is 0.826. The third-order valence-electron chi connectivity index (χ3n) is 2.14. The van der Waals surface area contributed by atoms with Gasteiger partial charge in [0.1, 0.15) is 5.92 Å². The molecule has 2 aliphatic rings. The largest absolute Gasteiger partial charge is 0.390 e. The van der Waals surface area contributed by atoms with Crippen molar-refractivity contribution in [1.82, 2.24) is 0 Å².